The van der Waals surface area contributed by atoms with Gasteiger partial charge in [0.1, 0.15) is 5.82 Å². The highest BCUT2D eigenvalue weighted by atomic mass is 16.1. The van der Waals surface area contributed by atoms with E-state index in [9.17, 15) is 4.79 Å². The van der Waals surface area contributed by atoms with E-state index in [1.54, 1.807) is 0 Å². The van der Waals surface area contributed by atoms with Crippen molar-refractivity contribution in [3.8, 4) is 0 Å². The molecule has 0 bridgehead atoms. The van der Waals surface area contributed by atoms with Crippen molar-refractivity contribution in [3.05, 3.63) is 30.1 Å². The van der Waals surface area contributed by atoms with E-state index in [4.69, 9.17) is 0 Å². The molecule has 3 rings (SSSR count). The van der Waals surface area contributed by atoms with E-state index in [0.29, 0.717) is 0 Å². The quantitative estimate of drug-likeness (QED) is 0.895. The van der Waals surface area contributed by atoms with Gasteiger partial charge in [0.15, 0.2) is 0 Å². The Bertz CT molecular complexity index is 615. The zero-order valence-electron chi connectivity index (χ0n) is 11.4. The summed E-state index contributed by atoms with van der Waals surface area (Å²) in [5.41, 5.74) is 2.21. The topological polar surface area (TPSA) is 46.9 Å². The Morgan fingerprint density at radius 3 is 3.00 bits per heavy atom. The number of hydrogen-bond acceptors (Lipinski definition) is 2. The number of aromatic nitrogens is 2. The summed E-state index contributed by atoms with van der Waals surface area (Å²) in [6.07, 6.45) is 1.64. The molecule has 1 aliphatic heterocycles. The van der Waals surface area contributed by atoms with Crippen molar-refractivity contribution >= 4 is 16.9 Å². The third-order valence-electron chi connectivity index (χ3n) is 3.67. The molecule has 1 unspecified atom stereocenters. The van der Waals surface area contributed by atoms with Gasteiger partial charge in [-0.3, -0.25) is 4.79 Å². The van der Waals surface area contributed by atoms with Gasteiger partial charge in [0, 0.05) is 24.9 Å². The molecule has 1 N–H and O–H groups in total. The third-order valence-corrected chi connectivity index (χ3v) is 3.67. The predicted octanol–water partition coefficient (Wildman–Crippen LogP) is 2.12. The lowest BCUT2D eigenvalue weighted by Gasteiger charge is -2.23. The lowest BCUT2D eigenvalue weighted by Crippen LogP contribution is -2.38. The van der Waals surface area contributed by atoms with E-state index in [0.717, 1.165) is 30.7 Å². The average Bonchev–Trinajstić information content (AvgIpc) is 2.75. The van der Waals surface area contributed by atoms with Gasteiger partial charge in [0.2, 0.25) is 5.91 Å². The number of benzene rings is 1. The molecule has 0 aliphatic carbocycles. The lowest BCUT2D eigenvalue weighted by molar-refractivity contribution is -0.126. The van der Waals surface area contributed by atoms with Gasteiger partial charge < -0.3 is 9.88 Å². The third kappa shape index (κ3) is 2.23. The van der Waals surface area contributed by atoms with Crippen LogP contribution in [0.15, 0.2) is 24.3 Å². The summed E-state index contributed by atoms with van der Waals surface area (Å²) in [6.45, 7) is 4.87. The highest BCUT2D eigenvalue weighted by Crippen LogP contribution is 2.25. The monoisotopic (exact) mass is 257 g/mol. The molecule has 0 saturated carbocycles. The maximum Gasteiger partial charge on any atom is 0.223 e. The number of aryl methyl sites for hydroxylation is 1. The van der Waals surface area contributed by atoms with E-state index in [1.807, 2.05) is 32.0 Å². The van der Waals surface area contributed by atoms with Crippen LogP contribution in [0.2, 0.25) is 0 Å². The first kappa shape index (κ1) is 12.2. The summed E-state index contributed by atoms with van der Waals surface area (Å²) < 4.78 is 2.24. The molecule has 4 heteroatoms. The zero-order chi connectivity index (χ0) is 13.4. The first-order valence-electron chi connectivity index (χ1n) is 6.89. The van der Waals surface area contributed by atoms with E-state index in [-0.39, 0.29) is 17.9 Å². The van der Waals surface area contributed by atoms with E-state index >= 15 is 0 Å². The van der Waals surface area contributed by atoms with Crippen LogP contribution in [0.1, 0.15) is 26.1 Å². The maximum atomic E-state index is 12.1. The van der Waals surface area contributed by atoms with Crippen LogP contribution in [0.4, 0.5) is 0 Å². The van der Waals surface area contributed by atoms with Crippen LogP contribution in [0.5, 0.6) is 0 Å². The Labute approximate surface area is 112 Å². The summed E-state index contributed by atoms with van der Waals surface area (Å²) in [6, 6.07) is 8.37. The largest absolute Gasteiger partial charge is 0.354 e. The van der Waals surface area contributed by atoms with Gasteiger partial charge in [-0.1, -0.05) is 12.1 Å². The smallest absolute Gasteiger partial charge is 0.223 e. The van der Waals surface area contributed by atoms with Crippen LogP contribution >= 0.6 is 0 Å². The van der Waals surface area contributed by atoms with E-state index in [1.165, 1.54) is 5.52 Å². The first-order valence-corrected chi connectivity index (χ1v) is 6.89. The minimum Gasteiger partial charge on any atom is -0.354 e. The van der Waals surface area contributed by atoms with Crippen LogP contribution in [0.3, 0.4) is 0 Å². The van der Waals surface area contributed by atoms with Crippen LogP contribution in [0, 0.1) is 5.92 Å². The van der Waals surface area contributed by atoms with E-state index < -0.39 is 0 Å². The molecule has 1 aromatic carbocycles. The van der Waals surface area contributed by atoms with Crippen molar-refractivity contribution in [2.75, 3.05) is 0 Å². The van der Waals surface area contributed by atoms with Crippen LogP contribution in [-0.2, 0) is 17.8 Å². The second-order valence-corrected chi connectivity index (χ2v) is 5.52. The normalized spacial score (nSPS) is 18.6. The lowest BCUT2D eigenvalue weighted by atomic mass is 9.96. The van der Waals surface area contributed by atoms with Gasteiger partial charge in [-0.05, 0) is 32.4 Å². The second-order valence-electron chi connectivity index (χ2n) is 5.52. The Kier molecular flexibility index (Phi) is 3.01. The number of carbonyl (C=O) groups is 1. The number of para-hydroxylation sites is 2. The zero-order valence-corrected chi connectivity index (χ0v) is 11.4. The van der Waals surface area contributed by atoms with Gasteiger partial charge in [-0.15, -0.1) is 0 Å². The molecule has 4 nitrogen and oxygen atoms in total. The van der Waals surface area contributed by atoms with Crippen LogP contribution in [-0.4, -0.2) is 21.5 Å². The van der Waals surface area contributed by atoms with Gasteiger partial charge in [-0.25, -0.2) is 4.98 Å². The number of imidazole rings is 1. The van der Waals surface area contributed by atoms with Crippen molar-refractivity contribution in [2.45, 2.75) is 39.3 Å². The molecular weight excluding hydrogens is 238 g/mol. The van der Waals surface area contributed by atoms with Crippen molar-refractivity contribution in [1.82, 2.24) is 14.9 Å². The number of fused-ring (bicyclic) bond motifs is 3. The SMILES string of the molecule is CC(C)NC(=O)C1CCn2c(nc3ccccc32)C1. The first-order chi connectivity index (χ1) is 9.15. The van der Waals surface area contributed by atoms with Gasteiger partial charge >= 0.3 is 0 Å². The average molecular weight is 257 g/mol. The van der Waals surface area contributed by atoms with Crippen molar-refractivity contribution in [2.24, 2.45) is 5.92 Å². The molecule has 1 amide bonds. The minimum atomic E-state index is 0.0618. The fraction of sp³-hybridized carbons (Fsp3) is 0.467. The number of hydrogen-bond donors (Lipinski definition) is 1. The molecule has 19 heavy (non-hydrogen) atoms. The molecule has 0 radical (unpaired) electrons. The highest BCUT2D eigenvalue weighted by molar-refractivity contribution is 5.80. The fourth-order valence-electron chi connectivity index (χ4n) is 2.76. The molecule has 1 aromatic heterocycles. The Morgan fingerprint density at radius 1 is 1.42 bits per heavy atom. The standard InChI is InChI=1S/C15H19N3O/c1-10(2)16-15(19)11-7-8-18-13-6-4-3-5-12(13)17-14(18)9-11/h3-6,10-11H,7-9H2,1-2H3,(H,16,19). The number of nitrogens with zero attached hydrogens (tertiary/aromatic N) is 2. The molecule has 2 heterocycles. The van der Waals surface area contributed by atoms with Crippen LogP contribution in [0.25, 0.3) is 11.0 Å². The van der Waals surface area contributed by atoms with Gasteiger partial charge in [0.25, 0.3) is 0 Å². The van der Waals surface area contributed by atoms with Crippen molar-refractivity contribution < 1.29 is 4.79 Å². The van der Waals surface area contributed by atoms with Crippen molar-refractivity contribution in [3.63, 3.8) is 0 Å². The summed E-state index contributed by atoms with van der Waals surface area (Å²) in [5, 5.41) is 3.00. The van der Waals surface area contributed by atoms with Gasteiger partial charge in [-0.2, -0.15) is 0 Å². The maximum absolute atomic E-state index is 12.1. The molecule has 0 fully saturated rings. The summed E-state index contributed by atoms with van der Waals surface area (Å²) in [4.78, 5) is 16.7. The summed E-state index contributed by atoms with van der Waals surface area (Å²) in [7, 11) is 0. The summed E-state index contributed by atoms with van der Waals surface area (Å²) >= 11 is 0. The Morgan fingerprint density at radius 2 is 2.21 bits per heavy atom. The number of nitrogens with one attached hydrogen (secondary N) is 1. The van der Waals surface area contributed by atoms with Crippen LogP contribution < -0.4 is 5.32 Å². The Balaban J connectivity index is 1.86. The minimum absolute atomic E-state index is 0.0618. The predicted molar refractivity (Wildman–Crippen MR) is 74.8 cm³/mol. The number of amides is 1. The second kappa shape index (κ2) is 4.68. The molecule has 0 saturated heterocycles. The number of carbonyl (C=O) groups excluding carboxylic acids is 1. The van der Waals surface area contributed by atoms with Crippen molar-refractivity contribution in [1.29, 1.82) is 0 Å². The fourth-order valence-corrected chi connectivity index (χ4v) is 2.76. The number of rotatable bonds is 2. The molecule has 1 atom stereocenters. The van der Waals surface area contributed by atoms with Gasteiger partial charge in [0.05, 0.1) is 11.0 Å². The molecule has 1 aliphatic rings. The molecule has 0 spiro atoms. The summed E-state index contributed by atoms with van der Waals surface area (Å²) in [5.74, 6) is 1.26. The molecule has 2 aromatic rings. The molecule has 100 valence electrons. The Hall–Kier alpha value is -1.84. The van der Waals surface area contributed by atoms with E-state index in [2.05, 4.69) is 20.9 Å². The highest BCUT2D eigenvalue weighted by Gasteiger charge is 2.27. The molecular formula is C15H19N3O.